The van der Waals surface area contributed by atoms with E-state index in [0.29, 0.717) is 18.3 Å². The van der Waals surface area contributed by atoms with E-state index < -0.39 is 11.9 Å². The Bertz CT molecular complexity index is 369. The molecule has 0 aliphatic rings. The van der Waals surface area contributed by atoms with Gasteiger partial charge < -0.3 is 5.32 Å². The van der Waals surface area contributed by atoms with Crippen LogP contribution in [-0.2, 0) is 6.18 Å². The summed E-state index contributed by atoms with van der Waals surface area (Å²) in [6, 6.07) is 3.84. The van der Waals surface area contributed by atoms with E-state index in [0.717, 1.165) is 18.9 Å². The number of nitrogens with zero attached hydrogens (tertiary/aromatic N) is 1. The van der Waals surface area contributed by atoms with Gasteiger partial charge in [0.05, 0.1) is 0 Å². The molecule has 0 spiro atoms. The van der Waals surface area contributed by atoms with Crippen molar-refractivity contribution in [3.05, 3.63) is 23.9 Å². The molecule has 0 aliphatic heterocycles. The van der Waals surface area contributed by atoms with Gasteiger partial charge in [0, 0.05) is 12.4 Å². The Balaban J connectivity index is 2.62. The van der Waals surface area contributed by atoms with Crippen LogP contribution in [0.15, 0.2) is 18.2 Å². The minimum Gasteiger partial charge on any atom is -0.370 e. The summed E-state index contributed by atoms with van der Waals surface area (Å²) in [4.78, 5) is 3.54. The quantitative estimate of drug-likeness (QED) is 0.791. The van der Waals surface area contributed by atoms with Crippen molar-refractivity contribution in [3.8, 4) is 0 Å². The Kier molecular flexibility index (Phi) is 5.72. The van der Waals surface area contributed by atoms with Crippen molar-refractivity contribution in [1.29, 1.82) is 0 Å². The predicted octanol–water partition coefficient (Wildman–Crippen LogP) is 4.17. The molecule has 2 nitrogen and oxygen atoms in total. The second kappa shape index (κ2) is 6.83. The highest BCUT2D eigenvalue weighted by Gasteiger charge is 2.32. The van der Waals surface area contributed by atoms with Crippen molar-refractivity contribution in [2.24, 2.45) is 5.92 Å². The Morgan fingerprint density at radius 1 is 1.39 bits per heavy atom. The van der Waals surface area contributed by atoms with Gasteiger partial charge in [-0.15, -0.1) is 11.6 Å². The van der Waals surface area contributed by atoms with Gasteiger partial charge in [0.1, 0.15) is 11.5 Å². The summed E-state index contributed by atoms with van der Waals surface area (Å²) in [5.74, 6) is 1.15. The lowest BCUT2D eigenvalue weighted by Crippen LogP contribution is -2.16. The maximum absolute atomic E-state index is 12.4. The van der Waals surface area contributed by atoms with Crippen molar-refractivity contribution < 1.29 is 13.2 Å². The predicted molar refractivity (Wildman–Crippen MR) is 66.8 cm³/mol. The van der Waals surface area contributed by atoms with Gasteiger partial charge in [-0.2, -0.15) is 13.2 Å². The number of nitrogens with one attached hydrogen (secondary N) is 1. The Morgan fingerprint density at radius 3 is 2.67 bits per heavy atom. The van der Waals surface area contributed by atoms with Crippen molar-refractivity contribution in [2.45, 2.75) is 25.9 Å². The minimum absolute atomic E-state index is 0.248. The molecule has 1 aromatic rings. The van der Waals surface area contributed by atoms with Gasteiger partial charge in [-0.1, -0.05) is 19.4 Å². The second-order valence-corrected chi connectivity index (χ2v) is 4.42. The number of hydrogen-bond acceptors (Lipinski definition) is 2. The molecule has 0 saturated heterocycles. The number of hydrogen-bond donors (Lipinski definition) is 1. The maximum Gasteiger partial charge on any atom is 0.433 e. The van der Waals surface area contributed by atoms with Crippen molar-refractivity contribution in [3.63, 3.8) is 0 Å². The third kappa shape index (κ3) is 4.72. The standard InChI is InChI=1S/C12H16ClF3N2/c1-2-9(6-7-13)8-17-11-5-3-4-10(18-11)12(14,15)16/h3-5,9H,2,6-8H2,1H3,(H,17,18). The van der Waals surface area contributed by atoms with Gasteiger partial charge in [-0.3, -0.25) is 0 Å². The van der Waals surface area contributed by atoms with E-state index in [1.54, 1.807) is 0 Å². The normalized spacial score (nSPS) is 13.4. The fraction of sp³-hybridized carbons (Fsp3) is 0.583. The average molecular weight is 281 g/mol. The molecule has 0 aromatic carbocycles. The number of rotatable bonds is 6. The number of pyridine rings is 1. The van der Waals surface area contributed by atoms with Gasteiger partial charge in [0.2, 0.25) is 0 Å². The van der Waals surface area contributed by atoms with E-state index in [2.05, 4.69) is 10.3 Å². The first-order valence-corrected chi connectivity index (χ1v) is 6.35. The lowest BCUT2D eigenvalue weighted by atomic mass is 10.0. The summed E-state index contributed by atoms with van der Waals surface area (Å²) in [6.07, 6.45) is -2.64. The summed E-state index contributed by atoms with van der Waals surface area (Å²) in [5.41, 5.74) is -0.877. The van der Waals surface area contributed by atoms with E-state index in [9.17, 15) is 13.2 Å². The molecule has 6 heteroatoms. The molecule has 1 aromatic heterocycles. The van der Waals surface area contributed by atoms with Crippen LogP contribution in [0.5, 0.6) is 0 Å². The number of halogens is 4. The molecule has 1 rings (SSSR count). The summed E-state index contributed by atoms with van der Waals surface area (Å²) in [6.45, 7) is 2.61. The van der Waals surface area contributed by atoms with Crippen LogP contribution in [0.1, 0.15) is 25.5 Å². The molecule has 1 heterocycles. The molecule has 1 atom stereocenters. The van der Waals surface area contributed by atoms with Crippen LogP contribution in [0.3, 0.4) is 0 Å². The van der Waals surface area contributed by atoms with Gasteiger partial charge in [-0.25, -0.2) is 4.98 Å². The zero-order valence-electron chi connectivity index (χ0n) is 10.1. The molecular weight excluding hydrogens is 265 g/mol. The first-order valence-electron chi connectivity index (χ1n) is 5.81. The van der Waals surface area contributed by atoms with Crippen LogP contribution in [0.25, 0.3) is 0 Å². The molecule has 0 aliphatic carbocycles. The van der Waals surface area contributed by atoms with Crippen LogP contribution in [0.4, 0.5) is 19.0 Å². The fourth-order valence-electron chi connectivity index (χ4n) is 1.54. The number of alkyl halides is 4. The lowest BCUT2D eigenvalue weighted by molar-refractivity contribution is -0.141. The molecule has 1 N–H and O–H groups in total. The molecular formula is C12H16ClF3N2. The first kappa shape index (κ1) is 15.1. The van der Waals surface area contributed by atoms with E-state index in [1.807, 2.05) is 6.92 Å². The van der Waals surface area contributed by atoms with Crippen molar-refractivity contribution in [2.75, 3.05) is 17.7 Å². The molecule has 0 amide bonds. The monoisotopic (exact) mass is 280 g/mol. The Hall–Kier alpha value is -0.970. The molecule has 0 bridgehead atoms. The SMILES string of the molecule is CCC(CCCl)CNc1cccc(C(F)(F)F)n1. The highest BCUT2D eigenvalue weighted by molar-refractivity contribution is 6.17. The van der Waals surface area contributed by atoms with Gasteiger partial charge in [-0.05, 0) is 24.5 Å². The topological polar surface area (TPSA) is 24.9 Å². The third-order valence-corrected chi connectivity index (χ3v) is 2.92. The second-order valence-electron chi connectivity index (χ2n) is 4.04. The van der Waals surface area contributed by atoms with E-state index in [1.165, 1.54) is 12.1 Å². The molecule has 0 radical (unpaired) electrons. The highest BCUT2D eigenvalue weighted by Crippen LogP contribution is 2.28. The van der Waals surface area contributed by atoms with Gasteiger partial charge in [0.25, 0.3) is 0 Å². The van der Waals surface area contributed by atoms with Crippen LogP contribution >= 0.6 is 11.6 Å². The number of aromatic nitrogens is 1. The Morgan fingerprint density at radius 2 is 2.11 bits per heavy atom. The molecule has 0 saturated carbocycles. The van der Waals surface area contributed by atoms with Gasteiger partial charge in [0.15, 0.2) is 0 Å². The molecule has 0 fully saturated rings. The third-order valence-electron chi connectivity index (χ3n) is 2.71. The molecule has 102 valence electrons. The minimum atomic E-state index is -4.40. The van der Waals surface area contributed by atoms with Crippen LogP contribution in [-0.4, -0.2) is 17.4 Å². The maximum atomic E-state index is 12.4. The summed E-state index contributed by atoms with van der Waals surface area (Å²) in [7, 11) is 0. The average Bonchev–Trinajstić information content (AvgIpc) is 2.34. The van der Waals surface area contributed by atoms with E-state index in [-0.39, 0.29) is 5.82 Å². The summed E-state index contributed by atoms with van der Waals surface area (Å²) < 4.78 is 37.3. The number of anilines is 1. The van der Waals surface area contributed by atoms with Crippen molar-refractivity contribution >= 4 is 17.4 Å². The zero-order valence-corrected chi connectivity index (χ0v) is 10.9. The first-order chi connectivity index (χ1) is 8.47. The highest BCUT2D eigenvalue weighted by atomic mass is 35.5. The van der Waals surface area contributed by atoms with Crippen LogP contribution in [0, 0.1) is 5.92 Å². The van der Waals surface area contributed by atoms with Crippen LogP contribution in [0.2, 0.25) is 0 Å². The molecule has 18 heavy (non-hydrogen) atoms. The zero-order chi connectivity index (χ0) is 13.6. The Labute approximate surface area is 110 Å². The largest absolute Gasteiger partial charge is 0.433 e. The summed E-state index contributed by atoms with van der Waals surface area (Å²) in [5, 5.41) is 2.92. The smallest absolute Gasteiger partial charge is 0.370 e. The van der Waals surface area contributed by atoms with Crippen molar-refractivity contribution in [1.82, 2.24) is 4.98 Å². The molecule has 1 unspecified atom stereocenters. The van der Waals surface area contributed by atoms with Crippen LogP contribution < -0.4 is 5.32 Å². The lowest BCUT2D eigenvalue weighted by Gasteiger charge is -2.15. The van der Waals surface area contributed by atoms with Gasteiger partial charge >= 0.3 is 6.18 Å². The van der Waals surface area contributed by atoms with E-state index >= 15 is 0 Å². The fourth-order valence-corrected chi connectivity index (χ4v) is 1.85. The van der Waals surface area contributed by atoms with E-state index in [4.69, 9.17) is 11.6 Å². The summed E-state index contributed by atoms with van der Waals surface area (Å²) >= 11 is 5.65.